The molecule has 0 aliphatic carbocycles. The Bertz CT molecular complexity index is 1410. The monoisotopic (exact) mass is 603 g/mol. The Kier molecular flexibility index (Phi) is 11.0. The zero-order chi connectivity index (χ0) is 29.4. The minimum Gasteiger partial charge on any atom is -0.354 e. The number of hydrogen-bond acceptors (Lipinski definition) is 4. The molecule has 0 saturated carbocycles. The number of aryl methyl sites for hydroxylation is 1. The molecular weight excluding hydrogens is 569 g/mol. The number of nitrogens with one attached hydrogen (secondary N) is 1. The third kappa shape index (κ3) is 7.99. The number of amides is 2. The molecule has 0 radical (unpaired) electrons. The molecule has 0 fully saturated rings. The maximum absolute atomic E-state index is 14.1. The minimum atomic E-state index is -4.21. The summed E-state index contributed by atoms with van der Waals surface area (Å²) < 4.78 is 28.7. The number of nitrogens with zero attached hydrogens (tertiary/aromatic N) is 2. The molecule has 7 nitrogen and oxygen atoms in total. The lowest BCUT2D eigenvalue weighted by atomic mass is 10.1. The summed E-state index contributed by atoms with van der Waals surface area (Å²) in [5, 5.41) is 3.32. The maximum Gasteiger partial charge on any atom is 0.264 e. The van der Waals surface area contributed by atoms with E-state index in [0.717, 1.165) is 15.4 Å². The van der Waals surface area contributed by atoms with Crippen LogP contribution in [0, 0.1) is 12.8 Å². The number of benzene rings is 3. The second kappa shape index (κ2) is 14.0. The Morgan fingerprint density at radius 1 is 0.950 bits per heavy atom. The number of hydrogen-bond donors (Lipinski definition) is 1. The molecule has 3 aromatic carbocycles. The van der Waals surface area contributed by atoms with E-state index in [2.05, 4.69) is 5.32 Å². The summed E-state index contributed by atoms with van der Waals surface area (Å²) in [5.41, 5.74) is 1.98. The lowest BCUT2D eigenvalue weighted by Crippen LogP contribution is -2.52. The Hall–Kier alpha value is -3.07. The maximum atomic E-state index is 14.1. The fourth-order valence-electron chi connectivity index (χ4n) is 4.15. The van der Waals surface area contributed by atoms with Crippen molar-refractivity contribution in [3.05, 3.63) is 94.0 Å². The van der Waals surface area contributed by atoms with Gasteiger partial charge in [-0.2, -0.15) is 0 Å². The average molecular weight is 605 g/mol. The topological polar surface area (TPSA) is 86.8 Å². The van der Waals surface area contributed by atoms with Gasteiger partial charge < -0.3 is 10.2 Å². The quantitative estimate of drug-likeness (QED) is 0.272. The first kappa shape index (κ1) is 31.5. The molecule has 0 aliphatic rings. The smallest absolute Gasteiger partial charge is 0.264 e. The zero-order valence-electron chi connectivity index (χ0n) is 23.1. The molecule has 0 aromatic heterocycles. The Labute approximate surface area is 247 Å². The van der Waals surface area contributed by atoms with E-state index in [0.29, 0.717) is 18.0 Å². The third-order valence-electron chi connectivity index (χ3n) is 6.33. The van der Waals surface area contributed by atoms with Crippen LogP contribution in [0.3, 0.4) is 0 Å². The fraction of sp³-hybridized carbons (Fsp3) is 0.333. The Morgan fingerprint density at radius 2 is 1.60 bits per heavy atom. The second-order valence-corrected chi connectivity index (χ2v) is 12.7. The van der Waals surface area contributed by atoms with Crippen LogP contribution in [-0.4, -0.2) is 44.3 Å². The first-order valence-corrected chi connectivity index (χ1v) is 15.3. The van der Waals surface area contributed by atoms with Gasteiger partial charge in [-0.15, -0.1) is 0 Å². The number of carbonyl (C=O) groups is 2. The Morgan fingerprint density at radius 3 is 2.17 bits per heavy atom. The van der Waals surface area contributed by atoms with Crippen molar-refractivity contribution in [1.82, 2.24) is 10.2 Å². The van der Waals surface area contributed by atoms with Crippen molar-refractivity contribution >= 4 is 50.7 Å². The summed E-state index contributed by atoms with van der Waals surface area (Å²) in [6, 6.07) is 19.1. The van der Waals surface area contributed by atoms with Crippen molar-refractivity contribution in [2.75, 3.05) is 17.4 Å². The van der Waals surface area contributed by atoms with Crippen LogP contribution in [-0.2, 0) is 26.2 Å². The van der Waals surface area contributed by atoms with Gasteiger partial charge in [0.05, 0.1) is 15.6 Å². The van der Waals surface area contributed by atoms with E-state index in [1.54, 1.807) is 18.2 Å². The molecule has 0 aliphatic heterocycles. The summed E-state index contributed by atoms with van der Waals surface area (Å²) in [4.78, 5) is 28.8. The molecule has 3 rings (SSSR count). The highest BCUT2D eigenvalue weighted by atomic mass is 35.5. The van der Waals surface area contributed by atoms with Crippen molar-refractivity contribution in [2.45, 2.75) is 51.6 Å². The van der Waals surface area contributed by atoms with Crippen LogP contribution in [0.4, 0.5) is 5.69 Å². The van der Waals surface area contributed by atoms with Gasteiger partial charge in [0, 0.05) is 18.1 Å². The minimum absolute atomic E-state index is 0.000573. The van der Waals surface area contributed by atoms with Crippen LogP contribution in [0.2, 0.25) is 10.0 Å². The van der Waals surface area contributed by atoms with Crippen molar-refractivity contribution in [2.24, 2.45) is 5.92 Å². The largest absolute Gasteiger partial charge is 0.354 e. The molecule has 0 bridgehead atoms. The third-order valence-corrected chi connectivity index (χ3v) is 8.64. The van der Waals surface area contributed by atoms with E-state index in [1.807, 2.05) is 52.0 Å². The molecule has 0 spiro atoms. The van der Waals surface area contributed by atoms with Gasteiger partial charge >= 0.3 is 0 Å². The van der Waals surface area contributed by atoms with E-state index in [9.17, 15) is 18.0 Å². The van der Waals surface area contributed by atoms with Gasteiger partial charge in [0.1, 0.15) is 12.6 Å². The number of rotatable bonds is 12. The van der Waals surface area contributed by atoms with Crippen molar-refractivity contribution < 1.29 is 18.0 Å². The fourth-order valence-corrected chi connectivity index (χ4v) is 6.16. The average Bonchev–Trinajstić information content (AvgIpc) is 2.92. The molecule has 1 N–H and O–H groups in total. The highest BCUT2D eigenvalue weighted by molar-refractivity contribution is 7.92. The predicted octanol–water partition coefficient (Wildman–Crippen LogP) is 6.08. The summed E-state index contributed by atoms with van der Waals surface area (Å²) in [6.45, 7) is 7.76. The zero-order valence-corrected chi connectivity index (χ0v) is 25.4. The number of anilines is 1. The van der Waals surface area contributed by atoms with E-state index in [4.69, 9.17) is 23.2 Å². The summed E-state index contributed by atoms with van der Waals surface area (Å²) >= 11 is 12.5. The molecule has 1 atom stereocenters. The summed E-state index contributed by atoms with van der Waals surface area (Å²) in [5.74, 6) is -0.613. The van der Waals surface area contributed by atoms with Gasteiger partial charge in [-0.1, -0.05) is 92.0 Å². The molecule has 0 saturated heterocycles. The molecule has 2 amide bonds. The van der Waals surface area contributed by atoms with Gasteiger partial charge in [-0.3, -0.25) is 13.9 Å². The molecule has 214 valence electrons. The Balaban J connectivity index is 2.06. The molecule has 10 heteroatoms. The highest BCUT2D eigenvalue weighted by Gasteiger charge is 2.34. The highest BCUT2D eigenvalue weighted by Crippen LogP contribution is 2.33. The SMILES string of the molecule is CC[C@H](C(=O)NCC(C)C)N(Cc1ccc(C)cc1)C(=O)CN(c1ccc(Cl)cc1Cl)S(=O)(=O)c1ccccc1. The summed E-state index contributed by atoms with van der Waals surface area (Å²) in [7, 11) is -4.21. The molecule has 3 aromatic rings. The van der Waals surface area contributed by atoms with E-state index in [1.165, 1.54) is 35.2 Å². The van der Waals surface area contributed by atoms with Gasteiger partial charge in [-0.05, 0) is 55.2 Å². The van der Waals surface area contributed by atoms with Crippen molar-refractivity contribution in [1.29, 1.82) is 0 Å². The number of halogens is 2. The van der Waals surface area contributed by atoms with Crippen LogP contribution < -0.4 is 9.62 Å². The summed E-state index contributed by atoms with van der Waals surface area (Å²) in [6.07, 6.45) is 0.342. The lowest BCUT2D eigenvalue weighted by Gasteiger charge is -2.33. The van der Waals surface area contributed by atoms with Crippen molar-refractivity contribution in [3.8, 4) is 0 Å². The molecule has 0 heterocycles. The van der Waals surface area contributed by atoms with Crippen LogP contribution in [0.25, 0.3) is 0 Å². The standard InChI is InChI=1S/C30H35Cl2N3O4S/c1-5-27(30(37)33-18-21(2)3)34(19-23-13-11-22(4)12-14-23)29(36)20-35(28-16-15-24(31)17-26(28)32)40(38,39)25-9-7-6-8-10-25/h6-17,21,27H,5,18-20H2,1-4H3,(H,33,37)/t27-/m1/s1. The second-order valence-electron chi connectivity index (χ2n) is 9.99. The van der Waals surface area contributed by atoms with Crippen LogP contribution >= 0.6 is 23.2 Å². The van der Waals surface area contributed by atoms with Gasteiger partial charge in [0.15, 0.2) is 0 Å². The van der Waals surface area contributed by atoms with Gasteiger partial charge in [0.25, 0.3) is 10.0 Å². The van der Waals surface area contributed by atoms with E-state index >= 15 is 0 Å². The molecule has 40 heavy (non-hydrogen) atoms. The van der Waals surface area contributed by atoms with E-state index < -0.39 is 28.5 Å². The van der Waals surface area contributed by atoms with Crippen LogP contribution in [0.1, 0.15) is 38.3 Å². The lowest BCUT2D eigenvalue weighted by molar-refractivity contribution is -0.140. The van der Waals surface area contributed by atoms with Crippen LogP contribution in [0.5, 0.6) is 0 Å². The van der Waals surface area contributed by atoms with Crippen molar-refractivity contribution in [3.63, 3.8) is 0 Å². The van der Waals surface area contributed by atoms with Gasteiger partial charge in [-0.25, -0.2) is 8.42 Å². The first-order valence-electron chi connectivity index (χ1n) is 13.1. The normalized spacial score (nSPS) is 12.2. The predicted molar refractivity (Wildman–Crippen MR) is 161 cm³/mol. The van der Waals surface area contributed by atoms with Crippen LogP contribution in [0.15, 0.2) is 77.7 Å². The van der Waals surface area contributed by atoms with Gasteiger partial charge in [0.2, 0.25) is 11.8 Å². The molecule has 0 unspecified atom stereocenters. The first-order chi connectivity index (χ1) is 18.9. The molecular formula is C30H35Cl2N3O4S. The number of sulfonamides is 1. The number of carbonyl (C=O) groups excluding carboxylic acids is 2. The van der Waals surface area contributed by atoms with E-state index in [-0.39, 0.29) is 34.0 Å².